The Labute approximate surface area is 115 Å². The lowest BCUT2D eigenvalue weighted by Crippen LogP contribution is -2.60. The van der Waals surface area contributed by atoms with E-state index in [0.717, 1.165) is 25.3 Å². The SMILES string of the molecule is CCOC1CC(NCc2cccc(OC)n2)C1(C)C. The van der Waals surface area contributed by atoms with E-state index < -0.39 is 0 Å². The molecule has 0 aromatic carbocycles. The topological polar surface area (TPSA) is 43.4 Å². The van der Waals surface area contributed by atoms with Crippen LogP contribution < -0.4 is 10.1 Å². The molecule has 1 N–H and O–H groups in total. The lowest BCUT2D eigenvalue weighted by Gasteiger charge is -2.51. The van der Waals surface area contributed by atoms with E-state index >= 15 is 0 Å². The molecule has 2 unspecified atom stereocenters. The molecule has 19 heavy (non-hydrogen) atoms. The number of rotatable bonds is 6. The van der Waals surface area contributed by atoms with E-state index in [4.69, 9.17) is 9.47 Å². The normalized spacial score (nSPS) is 24.8. The summed E-state index contributed by atoms with van der Waals surface area (Å²) in [4.78, 5) is 4.41. The third kappa shape index (κ3) is 3.07. The van der Waals surface area contributed by atoms with Gasteiger partial charge in [0.25, 0.3) is 0 Å². The highest BCUT2D eigenvalue weighted by molar-refractivity contribution is 5.16. The maximum Gasteiger partial charge on any atom is 0.213 e. The maximum absolute atomic E-state index is 5.74. The molecule has 0 spiro atoms. The van der Waals surface area contributed by atoms with Crippen LogP contribution in [-0.2, 0) is 11.3 Å². The summed E-state index contributed by atoms with van der Waals surface area (Å²) in [7, 11) is 1.64. The minimum Gasteiger partial charge on any atom is -0.481 e. The van der Waals surface area contributed by atoms with Crippen LogP contribution in [0.15, 0.2) is 18.2 Å². The molecule has 2 atom stereocenters. The van der Waals surface area contributed by atoms with Crippen molar-refractivity contribution in [2.45, 2.75) is 45.9 Å². The zero-order chi connectivity index (χ0) is 13.9. The Morgan fingerprint density at radius 3 is 2.84 bits per heavy atom. The monoisotopic (exact) mass is 264 g/mol. The van der Waals surface area contributed by atoms with Crippen molar-refractivity contribution in [2.24, 2.45) is 5.41 Å². The molecular formula is C15H24N2O2. The third-order valence-electron chi connectivity index (χ3n) is 4.07. The Bertz CT molecular complexity index is 420. The summed E-state index contributed by atoms with van der Waals surface area (Å²) >= 11 is 0. The highest BCUT2D eigenvalue weighted by atomic mass is 16.5. The first kappa shape index (κ1) is 14.3. The van der Waals surface area contributed by atoms with E-state index in [2.05, 4.69) is 31.1 Å². The molecule has 0 amide bonds. The van der Waals surface area contributed by atoms with Crippen LogP contribution in [0.2, 0.25) is 0 Å². The van der Waals surface area contributed by atoms with Crippen molar-refractivity contribution >= 4 is 0 Å². The Kier molecular flexibility index (Phi) is 4.42. The van der Waals surface area contributed by atoms with E-state index in [9.17, 15) is 0 Å². The van der Waals surface area contributed by atoms with Gasteiger partial charge in [-0.2, -0.15) is 0 Å². The number of nitrogens with one attached hydrogen (secondary N) is 1. The molecule has 4 nitrogen and oxygen atoms in total. The van der Waals surface area contributed by atoms with Crippen molar-refractivity contribution in [1.82, 2.24) is 10.3 Å². The van der Waals surface area contributed by atoms with Gasteiger partial charge in [0.05, 0.1) is 18.9 Å². The smallest absolute Gasteiger partial charge is 0.213 e. The molecule has 2 rings (SSSR count). The van der Waals surface area contributed by atoms with Gasteiger partial charge in [0.15, 0.2) is 0 Å². The van der Waals surface area contributed by atoms with Crippen LogP contribution in [-0.4, -0.2) is 30.8 Å². The van der Waals surface area contributed by atoms with Crippen LogP contribution >= 0.6 is 0 Å². The largest absolute Gasteiger partial charge is 0.481 e. The summed E-state index contributed by atoms with van der Waals surface area (Å²) in [6.45, 7) is 8.13. The second kappa shape index (κ2) is 5.88. The molecule has 1 aliphatic carbocycles. The Hall–Kier alpha value is -1.13. The first-order valence-corrected chi connectivity index (χ1v) is 6.92. The fourth-order valence-electron chi connectivity index (χ4n) is 2.61. The van der Waals surface area contributed by atoms with Gasteiger partial charge in [-0.05, 0) is 19.4 Å². The summed E-state index contributed by atoms with van der Waals surface area (Å²) in [6.07, 6.45) is 1.44. The van der Waals surface area contributed by atoms with E-state index in [0.29, 0.717) is 18.0 Å². The van der Waals surface area contributed by atoms with Gasteiger partial charge in [0, 0.05) is 30.7 Å². The van der Waals surface area contributed by atoms with E-state index in [1.165, 1.54) is 0 Å². The third-order valence-corrected chi connectivity index (χ3v) is 4.07. The molecule has 1 aromatic heterocycles. The van der Waals surface area contributed by atoms with E-state index in [1.807, 2.05) is 18.2 Å². The molecule has 0 radical (unpaired) electrons. The maximum atomic E-state index is 5.74. The van der Waals surface area contributed by atoms with Gasteiger partial charge in [0.2, 0.25) is 5.88 Å². The lowest BCUT2D eigenvalue weighted by molar-refractivity contribution is -0.114. The zero-order valence-corrected chi connectivity index (χ0v) is 12.3. The number of hydrogen-bond donors (Lipinski definition) is 1. The average molecular weight is 264 g/mol. The number of ether oxygens (including phenoxy) is 2. The first-order valence-electron chi connectivity index (χ1n) is 6.92. The molecular weight excluding hydrogens is 240 g/mol. The number of aromatic nitrogens is 1. The lowest BCUT2D eigenvalue weighted by atomic mass is 9.64. The highest BCUT2D eigenvalue weighted by Crippen LogP contribution is 2.42. The summed E-state index contributed by atoms with van der Waals surface area (Å²) < 4.78 is 10.9. The van der Waals surface area contributed by atoms with Crippen molar-refractivity contribution in [2.75, 3.05) is 13.7 Å². The van der Waals surface area contributed by atoms with Crippen LogP contribution in [0, 0.1) is 5.41 Å². The molecule has 106 valence electrons. The van der Waals surface area contributed by atoms with Crippen LogP contribution in [0.3, 0.4) is 0 Å². The van der Waals surface area contributed by atoms with Crippen LogP contribution in [0.4, 0.5) is 0 Å². The van der Waals surface area contributed by atoms with Crippen molar-refractivity contribution in [1.29, 1.82) is 0 Å². The molecule has 1 saturated carbocycles. The average Bonchev–Trinajstić information content (AvgIpc) is 2.42. The minimum atomic E-state index is 0.189. The summed E-state index contributed by atoms with van der Waals surface area (Å²) in [5, 5.41) is 3.57. The number of hydrogen-bond acceptors (Lipinski definition) is 4. The van der Waals surface area contributed by atoms with Gasteiger partial charge < -0.3 is 14.8 Å². The molecule has 1 heterocycles. The predicted octanol–water partition coefficient (Wildman–Crippen LogP) is 2.38. The molecule has 0 saturated heterocycles. The Morgan fingerprint density at radius 1 is 1.42 bits per heavy atom. The van der Waals surface area contributed by atoms with Crippen molar-refractivity contribution < 1.29 is 9.47 Å². The van der Waals surface area contributed by atoms with Gasteiger partial charge in [-0.15, -0.1) is 0 Å². The standard InChI is InChI=1S/C15H24N2O2/c1-5-19-13-9-12(15(13,2)3)16-10-11-7-6-8-14(17-11)18-4/h6-8,12-13,16H,5,9-10H2,1-4H3. The van der Waals surface area contributed by atoms with Crippen molar-refractivity contribution in [3.63, 3.8) is 0 Å². The van der Waals surface area contributed by atoms with Gasteiger partial charge in [0.1, 0.15) is 0 Å². The summed E-state index contributed by atoms with van der Waals surface area (Å²) in [5.41, 5.74) is 1.20. The minimum absolute atomic E-state index is 0.189. The van der Waals surface area contributed by atoms with Crippen LogP contribution in [0.1, 0.15) is 32.9 Å². The highest BCUT2D eigenvalue weighted by Gasteiger charge is 2.48. The second-order valence-corrected chi connectivity index (χ2v) is 5.61. The number of methoxy groups -OCH3 is 1. The van der Waals surface area contributed by atoms with Gasteiger partial charge >= 0.3 is 0 Å². The van der Waals surface area contributed by atoms with Crippen LogP contribution in [0.25, 0.3) is 0 Å². The fraction of sp³-hybridized carbons (Fsp3) is 0.667. The van der Waals surface area contributed by atoms with Gasteiger partial charge in [-0.25, -0.2) is 4.98 Å². The molecule has 0 bridgehead atoms. The van der Waals surface area contributed by atoms with Crippen molar-refractivity contribution in [3.8, 4) is 5.88 Å². The van der Waals surface area contributed by atoms with E-state index in [-0.39, 0.29) is 5.41 Å². The summed E-state index contributed by atoms with van der Waals surface area (Å²) in [6, 6.07) is 6.33. The molecule has 1 fully saturated rings. The summed E-state index contributed by atoms with van der Waals surface area (Å²) in [5.74, 6) is 0.666. The van der Waals surface area contributed by atoms with Crippen LogP contribution in [0.5, 0.6) is 5.88 Å². The van der Waals surface area contributed by atoms with Gasteiger partial charge in [-0.1, -0.05) is 19.9 Å². The first-order chi connectivity index (χ1) is 9.07. The molecule has 1 aliphatic rings. The van der Waals surface area contributed by atoms with E-state index in [1.54, 1.807) is 7.11 Å². The van der Waals surface area contributed by atoms with Gasteiger partial charge in [-0.3, -0.25) is 0 Å². The second-order valence-electron chi connectivity index (χ2n) is 5.61. The predicted molar refractivity (Wildman–Crippen MR) is 75.2 cm³/mol. The zero-order valence-electron chi connectivity index (χ0n) is 12.3. The fourth-order valence-corrected chi connectivity index (χ4v) is 2.61. The van der Waals surface area contributed by atoms with Crippen molar-refractivity contribution in [3.05, 3.63) is 23.9 Å². The quantitative estimate of drug-likeness (QED) is 0.856. The number of pyridine rings is 1. The number of nitrogens with zero attached hydrogens (tertiary/aromatic N) is 1. The Morgan fingerprint density at radius 2 is 2.21 bits per heavy atom. The Balaban J connectivity index is 1.86. The molecule has 4 heteroatoms. The molecule has 1 aromatic rings. The molecule has 0 aliphatic heterocycles.